The van der Waals surface area contributed by atoms with Crippen LogP contribution >= 0.6 is 0 Å². The predicted octanol–water partition coefficient (Wildman–Crippen LogP) is 2.58. The van der Waals surface area contributed by atoms with Crippen molar-refractivity contribution in [2.75, 3.05) is 27.7 Å². The second-order valence-electron chi connectivity index (χ2n) is 5.88. The van der Waals surface area contributed by atoms with Crippen molar-refractivity contribution in [3.05, 3.63) is 29.3 Å². The summed E-state index contributed by atoms with van der Waals surface area (Å²) < 4.78 is 5.29. The molecule has 0 radical (unpaired) electrons. The molecule has 1 aromatic rings. The summed E-state index contributed by atoms with van der Waals surface area (Å²) in [4.78, 5) is 2.38. The van der Waals surface area contributed by atoms with E-state index in [1.54, 1.807) is 7.11 Å². The van der Waals surface area contributed by atoms with Gasteiger partial charge in [0.05, 0.1) is 7.11 Å². The molecule has 106 valence electrons. The number of benzene rings is 1. The number of likely N-dealkylation sites (N-methyl/N-ethyl adjacent to an activating group) is 1. The second kappa shape index (κ2) is 5.93. The van der Waals surface area contributed by atoms with Crippen LogP contribution < -0.4 is 10.1 Å². The van der Waals surface area contributed by atoms with E-state index < -0.39 is 0 Å². The summed E-state index contributed by atoms with van der Waals surface area (Å²) >= 11 is 0. The fraction of sp³-hybridized carbons (Fsp3) is 0.625. The topological polar surface area (TPSA) is 24.5 Å². The van der Waals surface area contributed by atoms with Gasteiger partial charge in [0.2, 0.25) is 0 Å². The molecule has 0 aromatic heterocycles. The number of methoxy groups -OCH3 is 1. The van der Waals surface area contributed by atoms with Gasteiger partial charge in [-0.1, -0.05) is 12.1 Å². The van der Waals surface area contributed by atoms with Gasteiger partial charge in [-0.3, -0.25) is 0 Å². The third-order valence-electron chi connectivity index (χ3n) is 4.48. The summed E-state index contributed by atoms with van der Waals surface area (Å²) in [6.07, 6.45) is 3.99. The molecular formula is C16H26N2O. The quantitative estimate of drug-likeness (QED) is 0.853. The number of hydrogen-bond acceptors (Lipinski definition) is 3. The van der Waals surface area contributed by atoms with E-state index in [0.29, 0.717) is 5.54 Å². The third-order valence-corrected chi connectivity index (χ3v) is 4.48. The standard InChI is InChI=1S/C16H26N2O/c1-13-10-14(6-7-15(13)19-4)11-17-12-16(18(2)3)8-5-9-16/h6-7,10,17H,5,8-9,11-12H2,1-4H3. The van der Waals surface area contributed by atoms with Crippen molar-refractivity contribution in [2.45, 2.75) is 38.3 Å². The third kappa shape index (κ3) is 3.10. The van der Waals surface area contributed by atoms with E-state index >= 15 is 0 Å². The van der Waals surface area contributed by atoms with Crippen molar-refractivity contribution < 1.29 is 4.74 Å². The Morgan fingerprint density at radius 2 is 2.05 bits per heavy atom. The van der Waals surface area contributed by atoms with Gasteiger partial charge in [-0.25, -0.2) is 0 Å². The van der Waals surface area contributed by atoms with Gasteiger partial charge in [-0.2, -0.15) is 0 Å². The molecule has 0 heterocycles. The number of aryl methyl sites for hydroxylation is 1. The van der Waals surface area contributed by atoms with Crippen LogP contribution in [0.15, 0.2) is 18.2 Å². The number of hydrogen-bond donors (Lipinski definition) is 1. The maximum absolute atomic E-state index is 5.29. The molecule has 0 bridgehead atoms. The second-order valence-corrected chi connectivity index (χ2v) is 5.88. The molecule has 1 fully saturated rings. The molecule has 0 spiro atoms. The van der Waals surface area contributed by atoms with Crippen LogP contribution in [0.3, 0.4) is 0 Å². The van der Waals surface area contributed by atoms with E-state index in [0.717, 1.165) is 18.8 Å². The first-order valence-corrected chi connectivity index (χ1v) is 7.09. The van der Waals surface area contributed by atoms with Crippen molar-refractivity contribution in [3.63, 3.8) is 0 Å². The highest BCUT2D eigenvalue weighted by atomic mass is 16.5. The first kappa shape index (κ1) is 14.4. The Labute approximate surface area is 116 Å². The van der Waals surface area contributed by atoms with Gasteiger partial charge in [0.1, 0.15) is 5.75 Å². The van der Waals surface area contributed by atoms with Crippen LogP contribution in [0.1, 0.15) is 30.4 Å². The van der Waals surface area contributed by atoms with Crippen LogP contribution in [-0.2, 0) is 6.54 Å². The number of ether oxygens (including phenoxy) is 1. The zero-order valence-corrected chi connectivity index (χ0v) is 12.6. The molecule has 1 N–H and O–H groups in total. The molecule has 0 aliphatic heterocycles. The SMILES string of the molecule is COc1ccc(CNCC2(N(C)C)CCC2)cc1C. The summed E-state index contributed by atoms with van der Waals surface area (Å²) in [7, 11) is 6.11. The number of nitrogens with one attached hydrogen (secondary N) is 1. The summed E-state index contributed by atoms with van der Waals surface area (Å²) in [5.74, 6) is 0.965. The van der Waals surface area contributed by atoms with Crippen LogP contribution in [0.4, 0.5) is 0 Å². The summed E-state index contributed by atoms with van der Waals surface area (Å²) in [5.41, 5.74) is 2.92. The molecule has 3 nitrogen and oxygen atoms in total. The molecule has 0 unspecified atom stereocenters. The normalized spacial score (nSPS) is 17.3. The molecule has 19 heavy (non-hydrogen) atoms. The molecule has 1 saturated carbocycles. The fourth-order valence-electron chi connectivity index (χ4n) is 2.86. The smallest absolute Gasteiger partial charge is 0.121 e. The Kier molecular flexibility index (Phi) is 4.48. The van der Waals surface area contributed by atoms with Gasteiger partial charge in [0, 0.05) is 18.6 Å². The van der Waals surface area contributed by atoms with Gasteiger partial charge >= 0.3 is 0 Å². The molecule has 0 atom stereocenters. The number of nitrogens with zero attached hydrogens (tertiary/aromatic N) is 1. The van der Waals surface area contributed by atoms with E-state index in [4.69, 9.17) is 4.74 Å². The van der Waals surface area contributed by atoms with Gasteiger partial charge in [0.15, 0.2) is 0 Å². The number of rotatable bonds is 6. The van der Waals surface area contributed by atoms with E-state index in [1.807, 2.05) is 0 Å². The van der Waals surface area contributed by atoms with Crippen LogP contribution in [0.5, 0.6) is 5.75 Å². The molecule has 1 aliphatic rings. The van der Waals surface area contributed by atoms with Crippen molar-refractivity contribution in [1.29, 1.82) is 0 Å². The van der Waals surface area contributed by atoms with Crippen molar-refractivity contribution >= 4 is 0 Å². The minimum Gasteiger partial charge on any atom is -0.496 e. The van der Waals surface area contributed by atoms with E-state index in [-0.39, 0.29) is 0 Å². The summed E-state index contributed by atoms with van der Waals surface area (Å²) in [5, 5.41) is 3.61. The molecule has 1 aromatic carbocycles. The van der Waals surface area contributed by atoms with Crippen molar-refractivity contribution in [1.82, 2.24) is 10.2 Å². The lowest BCUT2D eigenvalue weighted by Crippen LogP contribution is -2.56. The molecule has 1 aliphatic carbocycles. The molecule has 0 saturated heterocycles. The highest BCUT2D eigenvalue weighted by Crippen LogP contribution is 2.35. The predicted molar refractivity (Wildman–Crippen MR) is 79.7 cm³/mol. The fourth-order valence-corrected chi connectivity index (χ4v) is 2.86. The Bertz CT molecular complexity index is 425. The highest BCUT2D eigenvalue weighted by Gasteiger charge is 2.38. The summed E-state index contributed by atoms with van der Waals surface area (Å²) in [6, 6.07) is 6.40. The Morgan fingerprint density at radius 1 is 1.32 bits per heavy atom. The van der Waals surface area contributed by atoms with E-state index in [2.05, 4.69) is 49.4 Å². The zero-order chi connectivity index (χ0) is 13.9. The van der Waals surface area contributed by atoms with Crippen LogP contribution in [0.25, 0.3) is 0 Å². The average molecular weight is 262 g/mol. The van der Waals surface area contributed by atoms with Crippen LogP contribution in [0, 0.1) is 6.92 Å². The first-order valence-electron chi connectivity index (χ1n) is 7.09. The Hall–Kier alpha value is -1.06. The largest absolute Gasteiger partial charge is 0.496 e. The first-order chi connectivity index (χ1) is 9.07. The van der Waals surface area contributed by atoms with E-state index in [1.165, 1.54) is 30.4 Å². The zero-order valence-electron chi connectivity index (χ0n) is 12.6. The van der Waals surface area contributed by atoms with Gasteiger partial charge in [0.25, 0.3) is 0 Å². The molecule has 3 heteroatoms. The van der Waals surface area contributed by atoms with Crippen LogP contribution in [-0.4, -0.2) is 38.2 Å². The lowest BCUT2D eigenvalue weighted by Gasteiger charge is -2.47. The average Bonchev–Trinajstić information content (AvgIpc) is 2.32. The molecular weight excluding hydrogens is 236 g/mol. The minimum absolute atomic E-state index is 0.390. The maximum Gasteiger partial charge on any atom is 0.121 e. The van der Waals surface area contributed by atoms with Crippen molar-refractivity contribution in [3.8, 4) is 5.75 Å². The maximum atomic E-state index is 5.29. The van der Waals surface area contributed by atoms with Gasteiger partial charge in [-0.05, 0) is 57.5 Å². The lowest BCUT2D eigenvalue weighted by atomic mass is 9.75. The van der Waals surface area contributed by atoms with Crippen LogP contribution in [0.2, 0.25) is 0 Å². The Morgan fingerprint density at radius 3 is 2.53 bits per heavy atom. The monoisotopic (exact) mass is 262 g/mol. The highest BCUT2D eigenvalue weighted by molar-refractivity contribution is 5.36. The molecule has 0 amide bonds. The minimum atomic E-state index is 0.390. The van der Waals surface area contributed by atoms with Crippen molar-refractivity contribution in [2.24, 2.45) is 0 Å². The summed E-state index contributed by atoms with van der Waals surface area (Å²) in [6.45, 7) is 4.10. The lowest BCUT2D eigenvalue weighted by molar-refractivity contribution is 0.0598. The van der Waals surface area contributed by atoms with Gasteiger partial charge in [-0.15, -0.1) is 0 Å². The Balaban J connectivity index is 1.87. The van der Waals surface area contributed by atoms with Gasteiger partial charge < -0.3 is 15.0 Å². The van der Waals surface area contributed by atoms with E-state index in [9.17, 15) is 0 Å². The molecule has 2 rings (SSSR count).